The lowest BCUT2D eigenvalue weighted by molar-refractivity contribution is -0.139. The number of carbonyl (C=O) groups is 2. The molecule has 0 aromatic heterocycles. The largest absolute Gasteiger partial charge is 0.516 e. The van der Waals surface area contributed by atoms with E-state index in [9.17, 15) is 36.3 Å². The van der Waals surface area contributed by atoms with Gasteiger partial charge in [-0.05, 0) is 35.4 Å². The molecule has 3 aromatic rings. The number of methoxy groups -OCH3 is 1. The van der Waals surface area contributed by atoms with Crippen LogP contribution in [0.2, 0.25) is 5.02 Å². The number of carboxylic acid groups (broad SMARTS) is 1. The fourth-order valence-electron chi connectivity index (χ4n) is 3.35. The molecule has 1 atom stereocenters. The number of carboxylic acids is 1. The molecule has 1 amide bonds. The molecule has 3 N–H and O–H groups in total. The van der Waals surface area contributed by atoms with Crippen molar-refractivity contribution in [1.29, 1.82) is 0 Å². The van der Waals surface area contributed by atoms with Crippen LogP contribution >= 0.6 is 11.6 Å². The van der Waals surface area contributed by atoms with Crippen LogP contribution in [-0.4, -0.2) is 44.1 Å². The van der Waals surface area contributed by atoms with Crippen molar-refractivity contribution >= 4 is 39.2 Å². The zero-order valence-electron chi connectivity index (χ0n) is 19.0. The number of alkyl halides is 3. The van der Waals surface area contributed by atoms with Crippen LogP contribution in [0.1, 0.15) is 15.9 Å². The van der Waals surface area contributed by atoms with Gasteiger partial charge in [-0.3, -0.25) is 9.52 Å². The van der Waals surface area contributed by atoms with Crippen LogP contribution in [0.25, 0.3) is 11.1 Å². The number of sulfonamides is 1. The van der Waals surface area contributed by atoms with Gasteiger partial charge < -0.3 is 15.2 Å². The van der Waals surface area contributed by atoms with Crippen molar-refractivity contribution in [3.05, 3.63) is 82.9 Å². The number of amides is 1. The Labute approximate surface area is 215 Å². The number of anilines is 1. The van der Waals surface area contributed by atoms with Crippen LogP contribution in [0.4, 0.5) is 18.9 Å². The van der Waals surface area contributed by atoms with Crippen molar-refractivity contribution in [3.63, 3.8) is 0 Å². The minimum Gasteiger partial charge on any atom is -0.496 e. The fraction of sp³-hybridized carbons (Fsp3) is 0.167. The summed E-state index contributed by atoms with van der Waals surface area (Å²) < 4.78 is 67.3. The van der Waals surface area contributed by atoms with Gasteiger partial charge in [-0.15, -0.1) is 0 Å². The second kappa shape index (κ2) is 11.1. The summed E-state index contributed by atoms with van der Waals surface area (Å²) in [6.45, 7) is 0. The Bertz CT molecular complexity index is 1410. The van der Waals surface area contributed by atoms with E-state index in [4.69, 9.17) is 16.3 Å². The molecule has 0 fully saturated rings. The molecule has 0 spiro atoms. The second-order valence-electron chi connectivity index (χ2n) is 7.71. The van der Waals surface area contributed by atoms with E-state index in [2.05, 4.69) is 5.32 Å². The zero-order valence-corrected chi connectivity index (χ0v) is 20.6. The van der Waals surface area contributed by atoms with Crippen LogP contribution in [0.3, 0.4) is 0 Å². The Morgan fingerprint density at radius 2 is 1.70 bits per heavy atom. The standard InChI is InChI=1S/C24H20ClF3N2O6S/c1-36-21-5-3-2-4-17(21)15-8-6-14(7-9-15)12-20(23(32)33)29-22(31)18-13-16(10-11-19(18)25)30-37(34,35)24(26,27)28/h2-11,13,20,30H,12H2,1H3,(H,29,31)(H,32,33)/t20-/m0/s1. The third kappa shape index (κ3) is 6.71. The minimum atomic E-state index is -5.74. The molecule has 196 valence electrons. The highest BCUT2D eigenvalue weighted by Gasteiger charge is 2.46. The maximum Gasteiger partial charge on any atom is 0.516 e. The fourth-order valence-corrected chi connectivity index (χ4v) is 4.11. The number of para-hydroxylation sites is 1. The molecule has 3 rings (SSSR count). The Morgan fingerprint density at radius 3 is 2.30 bits per heavy atom. The summed E-state index contributed by atoms with van der Waals surface area (Å²) in [6, 6.07) is 15.5. The van der Waals surface area contributed by atoms with Crippen molar-refractivity contribution in [1.82, 2.24) is 5.32 Å². The number of hydrogen-bond acceptors (Lipinski definition) is 5. The molecule has 8 nitrogen and oxygen atoms in total. The van der Waals surface area contributed by atoms with Crippen molar-refractivity contribution in [2.24, 2.45) is 0 Å². The zero-order chi connectivity index (χ0) is 27.4. The SMILES string of the molecule is COc1ccccc1-c1ccc(C[C@H](NC(=O)c2cc(NS(=O)(=O)C(F)(F)F)ccc2Cl)C(=O)O)cc1. The lowest BCUT2D eigenvalue weighted by atomic mass is 10.00. The molecule has 0 unspecified atom stereocenters. The third-order valence-electron chi connectivity index (χ3n) is 5.18. The number of rotatable bonds is 9. The van der Waals surface area contributed by atoms with E-state index >= 15 is 0 Å². The molecule has 0 aliphatic rings. The first-order valence-electron chi connectivity index (χ1n) is 10.5. The molecule has 0 aliphatic carbocycles. The molecule has 0 aliphatic heterocycles. The van der Waals surface area contributed by atoms with Gasteiger partial charge in [0, 0.05) is 17.7 Å². The Kier molecular flexibility index (Phi) is 8.34. The van der Waals surface area contributed by atoms with Crippen LogP contribution < -0.4 is 14.8 Å². The molecule has 13 heteroatoms. The van der Waals surface area contributed by atoms with Gasteiger partial charge in [0.15, 0.2) is 0 Å². The van der Waals surface area contributed by atoms with Crippen LogP contribution in [-0.2, 0) is 21.2 Å². The van der Waals surface area contributed by atoms with Crippen molar-refractivity contribution in [2.75, 3.05) is 11.8 Å². The molecule has 0 radical (unpaired) electrons. The highest BCUT2D eigenvalue weighted by molar-refractivity contribution is 7.93. The predicted molar refractivity (Wildman–Crippen MR) is 131 cm³/mol. The summed E-state index contributed by atoms with van der Waals surface area (Å²) in [5.74, 6) is -1.73. The van der Waals surface area contributed by atoms with E-state index in [0.717, 1.165) is 29.3 Å². The van der Waals surface area contributed by atoms with E-state index in [1.807, 2.05) is 18.2 Å². The minimum absolute atomic E-state index is 0.120. The van der Waals surface area contributed by atoms with Gasteiger partial charge in [-0.25, -0.2) is 4.79 Å². The lowest BCUT2D eigenvalue weighted by Crippen LogP contribution is -2.42. The van der Waals surface area contributed by atoms with Gasteiger partial charge in [0.05, 0.1) is 17.7 Å². The summed E-state index contributed by atoms with van der Waals surface area (Å²) >= 11 is 5.96. The topological polar surface area (TPSA) is 122 Å². The smallest absolute Gasteiger partial charge is 0.496 e. The number of carbonyl (C=O) groups excluding carboxylic acids is 1. The highest BCUT2D eigenvalue weighted by Crippen LogP contribution is 2.30. The van der Waals surface area contributed by atoms with E-state index in [-0.39, 0.29) is 11.4 Å². The number of ether oxygens (including phenoxy) is 1. The van der Waals surface area contributed by atoms with Crippen LogP contribution in [0.15, 0.2) is 66.7 Å². The summed E-state index contributed by atoms with van der Waals surface area (Å²) in [4.78, 5) is 24.5. The normalized spacial score (nSPS) is 12.5. The average Bonchev–Trinajstić information content (AvgIpc) is 2.84. The van der Waals surface area contributed by atoms with Gasteiger partial charge in [0.25, 0.3) is 5.91 Å². The molecule has 0 saturated heterocycles. The van der Waals surface area contributed by atoms with Crippen LogP contribution in [0, 0.1) is 0 Å². The number of nitrogens with one attached hydrogen (secondary N) is 2. The molecule has 37 heavy (non-hydrogen) atoms. The quantitative estimate of drug-likeness (QED) is 0.351. The monoisotopic (exact) mass is 556 g/mol. The number of halogens is 4. The lowest BCUT2D eigenvalue weighted by Gasteiger charge is -2.17. The van der Waals surface area contributed by atoms with Crippen LogP contribution in [0.5, 0.6) is 5.75 Å². The number of hydrogen-bond donors (Lipinski definition) is 3. The van der Waals surface area contributed by atoms with Crippen molar-refractivity contribution in [2.45, 2.75) is 18.0 Å². The molecule has 0 heterocycles. The molecule has 0 saturated carbocycles. The Hall–Kier alpha value is -3.77. The summed E-state index contributed by atoms with van der Waals surface area (Å²) in [6.07, 6.45) is -0.120. The van der Waals surface area contributed by atoms with Gasteiger partial charge in [0.2, 0.25) is 0 Å². The van der Waals surface area contributed by atoms with E-state index in [1.54, 1.807) is 37.4 Å². The first-order chi connectivity index (χ1) is 17.3. The van der Waals surface area contributed by atoms with Gasteiger partial charge in [-0.1, -0.05) is 54.1 Å². The summed E-state index contributed by atoms with van der Waals surface area (Å²) in [5, 5.41) is 11.7. The Morgan fingerprint density at radius 1 is 1.05 bits per heavy atom. The first-order valence-corrected chi connectivity index (χ1v) is 12.3. The molecular formula is C24H20ClF3N2O6S. The Balaban J connectivity index is 1.78. The maximum absolute atomic E-state index is 12.7. The van der Waals surface area contributed by atoms with E-state index in [0.29, 0.717) is 11.3 Å². The number of aliphatic carboxylic acids is 1. The molecular weight excluding hydrogens is 537 g/mol. The third-order valence-corrected chi connectivity index (χ3v) is 6.63. The average molecular weight is 557 g/mol. The van der Waals surface area contributed by atoms with Gasteiger partial charge in [0.1, 0.15) is 11.8 Å². The summed E-state index contributed by atoms with van der Waals surface area (Å²) in [5.41, 5.74) is -4.35. The van der Waals surface area contributed by atoms with Crippen molar-refractivity contribution in [3.8, 4) is 16.9 Å². The van der Waals surface area contributed by atoms with Gasteiger partial charge in [-0.2, -0.15) is 21.6 Å². The van der Waals surface area contributed by atoms with E-state index in [1.165, 1.54) is 4.72 Å². The van der Waals surface area contributed by atoms with Crippen molar-refractivity contribution < 1.29 is 41.0 Å². The maximum atomic E-state index is 12.7. The second-order valence-corrected chi connectivity index (χ2v) is 9.79. The summed E-state index contributed by atoms with van der Waals surface area (Å²) in [7, 11) is -4.20. The number of benzene rings is 3. The highest BCUT2D eigenvalue weighted by atomic mass is 35.5. The predicted octanol–water partition coefficient (Wildman–Crippen LogP) is 4.70. The molecule has 0 bridgehead atoms. The van der Waals surface area contributed by atoms with Gasteiger partial charge >= 0.3 is 21.5 Å². The van der Waals surface area contributed by atoms with E-state index < -0.39 is 44.7 Å². The first kappa shape index (κ1) is 27.8. The molecule has 3 aromatic carbocycles.